The first-order valence-corrected chi connectivity index (χ1v) is 9.56. The number of carbonyl (C=O) groups excluding carboxylic acids is 2. The SMILES string of the molecule is CC1CCC(NC(=O)C2c3cccn3CC(=O)N2c2cccc(F)c2)CC1. The predicted molar refractivity (Wildman–Crippen MR) is 101 cm³/mol. The second-order valence-electron chi connectivity index (χ2n) is 7.67. The number of anilines is 1. The van der Waals surface area contributed by atoms with E-state index in [1.165, 1.54) is 17.0 Å². The van der Waals surface area contributed by atoms with Crippen LogP contribution >= 0.6 is 0 Å². The summed E-state index contributed by atoms with van der Waals surface area (Å²) in [6, 6.07) is 8.89. The molecule has 1 fully saturated rings. The molecule has 142 valence electrons. The van der Waals surface area contributed by atoms with Gasteiger partial charge in [0.25, 0.3) is 0 Å². The number of hydrogen-bond donors (Lipinski definition) is 1. The number of carbonyl (C=O) groups is 2. The monoisotopic (exact) mass is 369 g/mol. The number of nitrogens with zero attached hydrogens (tertiary/aromatic N) is 2. The molecule has 0 bridgehead atoms. The Hall–Kier alpha value is -2.63. The maximum Gasteiger partial charge on any atom is 0.249 e. The predicted octanol–water partition coefficient (Wildman–Crippen LogP) is 3.41. The number of amides is 2. The van der Waals surface area contributed by atoms with E-state index in [-0.39, 0.29) is 24.4 Å². The topological polar surface area (TPSA) is 54.3 Å². The molecule has 1 unspecified atom stereocenters. The maximum atomic E-state index is 13.8. The van der Waals surface area contributed by atoms with Gasteiger partial charge in [0.2, 0.25) is 11.8 Å². The van der Waals surface area contributed by atoms with Crippen LogP contribution < -0.4 is 10.2 Å². The zero-order chi connectivity index (χ0) is 19.0. The van der Waals surface area contributed by atoms with Gasteiger partial charge in [-0.3, -0.25) is 14.5 Å². The number of nitrogens with one attached hydrogen (secondary N) is 1. The third-order valence-electron chi connectivity index (χ3n) is 5.67. The van der Waals surface area contributed by atoms with Crippen molar-refractivity contribution in [3.8, 4) is 0 Å². The lowest BCUT2D eigenvalue weighted by Crippen LogP contribution is -2.51. The number of fused-ring (bicyclic) bond motifs is 1. The van der Waals surface area contributed by atoms with Crippen LogP contribution in [0.4, 0.5) is 10.1 Å². The van der Waals surface area contributed by atoms with E-state index in [2.05, 4.69) is 12.2 Å². The molecular weight excluding hydrogens is 345 g/mol. The largest absolute Gasteiger partial charge is 0.351 e. The summed E-state index contributed by atoms with van der Waals surface area (Å²) in [6.07, 6.45) is 5.90. The molecule has 1 aliphatic carbocycles. The number of aromatic nitrogens is 1. The lowest BCUT2D eigenvalue weighted by Gasteiger charge is -2.37. The first-order chi connectivity index (χ1) is 13.0. The second-order valence-corrected chi connectivity index (χ2v) is 7.67. The van der Waals surface area contributed by atoms with Gasteiger partial charge in [0.1, 0.15) is 12.4 Å². The standard InChI is InChI=1S/C21H24FN3O2/c1-14-7-9-16(10-8-14)23-21(27)20-18-6-3-11-24(18)13-19(26)25(20)17-5-2-4-15(22)12-17/h2-6,11-12,14,16,20H,7-10,13H2,1H3,(H,23,27). The van der Waals surface area contributed by atoms with Crippen LogP contribution in [0, 0.1) is 11.7 Å². The molecule has 6 heteroatoms. The Morgan fingerprint density at radius 2 is 1.93 bits per heavy atom. The molecule has 1 N–H and O–H groups in total. The van der Waals surface area contributed by atoms with E-state index in [0.29, 0.717) is 11.6 Å². The summed E-state index contributed by atoms with van der Waals surface area (Å²) in [5, 5.41) is 3.13. The molecule has 4 rings (SSSR count). The van der Waals surface area contributed by atoms with Crippen molar-refractivity contribution in [3.63, 3.8) is 0 Å². The molecule has 5 nitrogen and oxygen atoms in total. The van der Waals surface area contributed by atoms with Gasteiger partial charge in [-0.05, 0) is 61.9 Å². The van der Waals surface area contributed by atoms with Crippen LogP contribution in [-0.4, -0.2) is 22.4 Å². The second kappa shape index (κ2) is 7.18. The highest BCUT2D eigenvalue weighted by Gasteiger charge is 2.39. The molecular formula is C21H24FN3O2. The average Bonchev–Trinajstić information content (AvgIpc) is 3.10. The fourth-order valence-electron chi connectivity index (χ4n) is 4.17. The van der Waals surface area contributed by atoms with Crippen LogP contribution in [0.3, 0.4) is 0 Å². The number of halogens is 1. The van der Waals surface area contributed by atoms with Gasteiger partial charge >= 0.3 is 0 Å². The van der Waals surface area contributed by atoms with Gasteiger partial charge in [-0.1, -0.05) is 13.0 Å². The number of hydrogen-bond acceptors (Lipinski definition) is 2. The summed E-state index contributed by atoms with van der Waals surface area (Å²) in [4.78, 5) is 27.5. The lowest BCUT2D eigenvalue weighted by molar-refractivity contribution is -0.128. The van der Waals surface area contributed by atoms with Crippen molar-refractivity contribution < 1.29 is 14.0 Å². The van der Waals surface area contributed by atoms with Crippen LogP contribution in [-0.2, 0) is 16.1 Å². The fourth-order valence-corrected chi connectivity index (χ4v) is 4.17. The zero-order valence-electron chi connectivity index (χ0n) is 15.4. The molecule has 1 atom stereocenters. The molecule has 27 heavy (non-hydrogen) atoms. The summed E-state index contributed by atoms with van der Waals surface area (Å²) in [6.45, 7) is 2.37. The summed E-state index contributed by atoms with van der Waals surface area (Å²) in [7, 11) is 0. The first-order valence-electron chi connectivity index (χ1n) is 9.56. The van der Waals surface area contributed by atoms with Crippen molar-refractivity contribution in [2.24, 2.45) is 5.92 Å². The molecule has 2 aromatic rings. The average molecular weight is 369 g/mol. The van der Waals surface area contributed by atoms with Gasteiger partial charge in [0.05, 0.1) is 5.69 Å². The zero-order valence-corrected chi connectivity index (χ0v) is 15.4. The minimum atomic E-state index is -0.789. The van der Waals surface area contributed by atoms with Gasteiger partial charge in [-0.15, -0.1) is 0 Å². The molecule has 0 radical (unpaired) electrons. The molecule has 0 saturated heterocycles. The van der Waals surface area contributed by atoms with Crippen LogP contribution in [0.25, 0.3) is 0 Å². The van der Waals surface area contributed by atoms with Crippen molar-refractivity contribution in [1.29, 1.82) is 0 Å². The fraction of sp³-hybridized carbons (Fsp3) is 0.429. The molecule has 1 aliphatic heterocycles. The summed E-state index contributed by atoms with van der Waals surface area (Å²) in [5.74, 6) is -0.161. The Balaban J connectivity index is 1.65. The Morgan fingerprint density at radius 3 is 2.67 bits per heavy atom. The normalized spacial score (nSPS) is 25.2. The number of benzene rings is 1. The van der Waals surface area contributed by atoms with Crippen molar-refractivity contribution in [1.82, 2.24) is 9.88 Å². The van der Waals surface area contributed by atoms with E-state index in [1.807, 2.05) is 12.1 Å². The quantitative estimate of drug-likeness (QED) is 0.901. The summed E-state index contributed by atoms with van der Waals surface area (Å²) >= 11 is 0. The Morgan fingerprint density at radius 1 is 1.15 bits per heavy atom. The molecule has 2 amide bonds. The number of rotatable bonds is 3. The Labute approximate surface area is 158 Å². The maximum absolute atomic E-state index is 13.8. The van der Waals surface area contributed by atoms with Gasteiger partial charge in [0, 0.05) is 17.9 Å². The first kappa shape index (κ1) is 17.8. The summed E-state index contributed by atoms with van der Waals surface area (Å²) in [5.41, 5.74) is 1.16. The van der Waals surface area contributed by atoms with Crippen LogP contribution in [0.2, 0.25) is 0 Å². The third-order valence-corrected chi connectivity index (χ3v) is 5.67. The van der Waals surface area contributed by atoms with Crippen molar-refractivity contribution in [2.45, 2.75) is 51.2 Å². The third kappa shape index (κ3) is 3.48. The van der Waals surface area contributed by atoms with E-state index < -0.39 is 11.9 Å². The molecule has 2 heterocycles. The van der Waals surface area contributed by atoms with Crippen molar-refractivity contribution >= 4 is 17.5 Å². The lowest BCUT2D eigenvalue weighted by atomic mass is 9.87. The van der Waals surface area contributed by atoms with Gasteiger partial charge in [-0.2, -0.15) is 0 Å². The van der Waals surface area contributed by atoms with E-state index in [9.17, 15) is 14.0 Å². The molecule has 1 aromatic carbocycles. The van der Waals surface area contributed by atoms with Crippen LogP contribution in [0.15, 0.2) is 42.6 Å². The minimum absolute atomic E-state index is 0.128. The minimum Gasteiger partial charge on any atom is -0.351 e. The molecule has 2 aliphatic rings. The summed E-state index contributed by atoms with van der Waals surface area (Å²) < 4.78 is 15.6. The van der Waals surface area contributed by atoms with Crippen LogP contribution in [0.5, 0.6) is 0 Å². The highest BCUT2D eigenvalue weighted by atomic mass is 19.1. The van der Waals surface area contributed by atoms with Crippen molar-refractivity contribution in [2.75, 3.05) is 4.90 Å². The van der Waals surface area contributed by atoms with E-state index >= 15 is 0 Å². The highest BCUT2D eigenvalue weighted by Crippen LogP contribution is 2.33. The van der Waals surface area contributed by atoms with E-state index in [0.717, 1.165) is 31.4 Å². The van der Waals surface area contributed by atoms with E-state index in [4.69, 9.17) is 0 Å². The highest BCUT2D eigenvalue weighted by molar-refractivity contribution is 6.02. The van der Waals surface area contributed by atoms with Gasteiger partial charge < -0.3 is 9.88 Å². The Bertz CT molecular complexity index is 855. The smallest absolute Gasteiger partial charge is 0.249 e. The van der Waals surface area contributed by atoms with Crippen molar-refractivity contribution in [3.05, 3.63) is 54.1 Å². The van der Waals surface area contributed by atoms with Gasteiger partial charge in [0.15, 0.2) is 6.04 Å². The van der Waals surface area contributed by atoms with Crippen LogP contribution in [0.1, 0.15) is 44.3 Å². The molecule has 1 saturated carbocycles. The van der Waals surface area contributed by atoms with E-state index in [1.54, 1.807) is 22.9 Å². The Kier molecular flexibility index (Phi) is 4.72. The molecule has 1 aromatic heterocycles. The van der Waals surface area contributed by atoms with Gasteiger partial charge in [-0.25, -0.2) is 4.39 Å². The molecule has 0 spiro atoms.